The molecule has 1 aromatic carbocycles. The van der Waals surface area contributed by atoms with E-state index in [-0.39, 0.29) is 0 Å². The Morgan fingerprint density at radius 1 is 0.792 bits per heavy atom. The van der Waals surface area contributed by atoms with Crippen molar-refractivity contribution in [3.8, 4) is 5.75 Å². The summed E-state index contributed by atoms with van der Waals surface area (Å²) in [4.78, 5) is 0. The van der Waals surface area contributed by atoms with Crippen LogP contribution in [0.5, 0.6) is 5.75 Å². The molecule has 0 saturated heterocycles. The molecule has 1 N–H and O–H groups in total. The van der Waals surface area contributed by atoms with Gasteiger partial charge in [-0.1, -0.05) is 88.1 Å². The SMILES string of the molecule is Oc1ccccc1C=CCCCCCCCCCCCCCO[Si]. The Morgan fingerprint density at radius 3 is 1.92 bits per heavy atom. The molecule has 0 fully saturated rings. The predicted molar refractivity (Wildman–Crippen MR) is 104 cm³/mol. The van der Waals surface area contributed by atoms with Crippen molar-refractivity contribution >= 4 is 16.6 Å². The molecule has 0 heterocycles. The number of benzene rings is 1. The largest absolute Gasteiger partial charge is 0.507 e. The maximum atomic E-state index is 9.67. The van der Waals surface area contributed by atoms with E-state index in [1.165, 1.54) is 70.6 Å². The van der Waals surface area contributed by atoms with Crippen LogP contribution in [0.15, 0.2) is 30.3 Å². The van der Waals surface area contributed by atoms with E-state index in [1.54, 1.807) is 6.07 Å². The molecule has 3 radical (unpaired) electrons. The van der Waals surface area contributed by atoms with Crippen molar-refractivity contribution in [3.63, 3.8) is 0 Å². The van der Waals surface area contributed by atoms with Crippen LogP contribution in [0.4, 0.5) is 0 Å². The van der Waals surface area contributed by atoms with E-state index >= 15 is 0 Å². The molecule has 2 nitrogen and oxygen atoms in total. The average Bonchev–Trinajstić information content (AvgIpc) is 2.60. The van der Waals surface area contributed by atoms with Crippen LogP contribution < -0.4 is 0 Å². The molecule has 0 amide bonds. The van der Waals surface area contributed by atoms with Gasteiger partial charge in [0, 0.05) is 12.2 Å². The van der Waals surface area contributed by atoms with Crippen LogP contribution in [-0.4, -0.2) is 22.2 Å². The highest BCUT2D eigenvalue weighted by Crippen LogP contribution is 2.18. The van der Waals surface area contributed by atoms with Crippen molar-refractivity contribution in [2.24, 2.45) is 0 Å². The van der Waals surface area contributed by atoms with Crippen LogP contribution in [-0.2, 0) is 4.43 Å². The minimum Gasteiger partial charge on any atom is -0.507 e. The number of para-hydroxylation sites is 1. The van der Waals surface area contributed by atoms with Crippen molar-refractivity contribution in [2.75, 3.05) is 6.61 Å². The molecule has 133 valence electrons. The Labute approximate surface area is 151 Å². The first-order chi connectivity index (χ1) is 11.8. The highest BCUT2D eigenvalue weighted by molar-refractivity contribution is 5.97. The van der Waals surface area contributed by atoms with Crippen LogP contribution in [0.1, 0.15) is 82.6 Å². The number of phenolic OH excluding ortho intramolecular Hbond substituents is 1. The fourth-order valence-corrected chi connectivity index (χ4v) is 3.01. The van der Waals surface area contributed by atoms with Crippen LogP contribution >= 0.6 is 0 Å². The molecule has 1 rings (SSSR count). The monoisotopic (exact) mass is 345 g/mol. The van der Waals surface area contributed by atoms with Gasteiger partial charge < -0.3 is 9.53 Å². The molecule has 0 aliphatic heterocycles. The predicted octanol–water partition coefficient (Wildman–Crippen LogP) is 6.19. The molecule has 3 heteroatoms. The molecule has 1 aromatic rings. The van der Waals surface area contributed by atoms with Gasteiger partial charge in [0.05, 0.1) is 0 Å². The van der Waals surface area contributed by atoms with Gasteiger partial charge in [-0.2, -0.15) is 0 Å². The van der Waals surface area contributed by atoms with E-state index in [2.05, 4.69) is 16.6 Å². The van der Waals surface area contributed by atoms with Crippen LogP contribution in [0, 0.1) is 0 Å². The lowest BCUT2D eigenvalue weighted by Crippen LogP contribution is -1.89. The quantitative estimate of drug-likeness (QED) is 0.303. The Morgan fingerprint density at radius 2 is 1.33 bits per heavy atom. The minimum absolute atomic E-state index is 0.366. The zero-order valence-corrected chi connectivity index (χ0v) is 16.0. The summed E-state index contributed by atoms with van der Waals surface area (Å²) in [6, 6.07) is 7.49. The van der Waals surface area contributed by atoms with Crippen molar-refractivity contribution in [3.05, 3.63) is 35.9 Å². The molecule has 24 heavy (non-hydrogen) atoms. The van der Waals surface area contributed by atoms with Crippen molar-refractivity contribution in [2.45, 2.75) is 77.0 Å². The van der Waals surface area contributed by atoms with E-state index in [1.807, 2.05) is 24.3 Å². The lowest BCUT2D eigenvalue weighted by molar-refractivity contribution is 0.332. The summed E-state index contributed by atoms with van der Waals surface area (Å²) in [5.74, 6) is 0.366. The van der Waals surface area contributed by atoms with Gasteiger partial charge in [-0.3, -0.25) is 0 Å². The van der Waals surface area contributed by atoms with E-state index in [0.29, 0.717) is 5.75 Å². The maximum Gasteiger partial charge on any atom is 0.246 e. The third kappa shape index (κ3) is 11.5. The fourth-order valence-electron chi connectivity index (χ4n) is 2.87. The molecule has 0 spiro atoms. The first-order valence-corrected chi connectivity index (χ1v) is 9.98. The number of unbranched alkanes of at least 4 members (excludes halogenated alkanes) is 11. The summed E-state index contributed by atoms with van der Waals surface area (Å²) < 4.78 is 4.87. The third-order valence-corrected chi connectivity index (χ3v) is 4.56. The number of allylic oxidation sites excluding steroid dienone is 1. The van der Waals surface area contributed by atoms with E-state index in [4.69, 9.17) is 4.43 Å². The van der Waals surface area contributed by atoms with Gasteiger partial charge in [0.2, 0.25) is 10.5 Å². The molecular weight excluding hydrogens is 312 g/mol. The molecule has 0 aliphatic rings. The molecule has 0 bridgehead atoms. The number of hydrogen-bond acceptors (Lipinski definition) is 2. The Balaban J connectivity index is 1.83. The van der Waals surface area contributed by atoms with Gasteiger partial charge in [-0.25, -0.2) is 0 Å². The molecule has 0 atom stereocenters. The van der Waals surface area contributed by atoms with Gasteiger partial charge in [0.1, 0.15) is 5.75 Å². The molecule has 0 aliphatic carbocycles. The summed E-state index contributed by atoms with van der Waals surface area (Å²) >= 11 is 0. The van der Waals surface area contributed by atoms with E-state index in [0.717, 1.165) is 18.6 Å². The molecule has 0 saturated carbocycles. The smallest absolute Gasteiger partial charge is 0.246 e. The summed E-state index contributed by atoms with van der Waals surface area (Å²) in [7, 11) is 3.03. The van der Waals surface area contributed by atoms with Gasteiger partial charge in [-0.15, -0.1) is 0 Å². The second-order valence-electron chi connectivity index (χ2n) is 6.49. The summed E-state index contributed by atoms with van der Waals surface area (Å²) in [6.07, 6.45) is 19.9. The van der Waals surface area contributed by atoms with Crippen molar-refractivity contribution in [1.29, 1.82) is 0 Å². The van der Waals surface area contributed by atoms with Crippen LogP contribution in [0.3, 0.4) is 0 Å². The fraction of sp³-hybridized carbons (Fsp3) is 0.619. The summed E-state index contributed by atoms with van der Waals surface area (Å²) in [5.41, 5.74) is 0.914. The Bertz CT molecular complexity index is 432. The summed E-state index contributed by atoms with van der Waals surface area (Å²) in [5, 5.41) is 9.67. The zero-order chi connectivity index (χ0) is 17.3. The third-order valence-electron chi connectivity index (χ3n) is 4.35. The molecule has 0 aromatic heterocycles. The van der Waals surface area contributed by atoms with Crippen LogP contribution in [0.25, 0.3) is 6.08 Å². The summed E-state index contributed by atoms with van der Waals surface area (Å²) in [6.45, 7) is 0.832. The number of hydrogen-bond donors (Lipinski definition) is 1. The standard InChI is InChI=1S/C21H33O2Si/c22-21-18-14-13-17-20(21)16-12-10-8-6-4-2-1-3-5-7-9-11-15-19-23-24/h12-14,16-18,22H,1-11,15,19H2. The zero-order valence-electron chi connectivity index (χ0n) is 15.0. The van der Waals surface area contributed by atoms with Crippen molar-refractivity contribution in [1.82, 2.24) is 0 Å². The lowest BCUT2D eigenvalue weighted by atomic mass is 10.0. The number of phenols is 1. The van der Waals surface area contributed by atoms with Gasteiger partial charge >= 0.3 is 0 Å². The highest BCUT2D eigenvalue weighted by atomic mass is 28.2. The Hall–Kier alpha value is -1.06. The first kappa shape index (κ1) is 21.0. The van der Waals surface area contributed by atoms with E-state index < -0.39 is 0 Å². The van der Waals surface area contributed by atoms with Crippen LogP contribution in [0.2, 0.25) is 0 Å². The van der Waals surface area contributed by atoms with Crippen molar-refractivity contribution < 1.29 is 9.53 Å². The minimum atomic E-state index is 0.366. The maximum absolute atomic E-state index is 9.67. The number of aromatic hydroxyl groups is 1. The van der Waals surface area contributed by atoms with Gasteiger partial charge in [0.25, 0.3) is 0 Å². The highest BCUT2D eigenvalue weighted by Gasteiger charge is 1.95. The van der Waals surface area contributed by atoms with Gasteiger partial charge in [0.15, 0.2) is 0 Å². The second kappa shape index (κ2) is 15.5. The lowest BCUT2D eigenvalue weighted by Gasteiger charge is -2.02. The van der Waals surface area contributed by atoms with E-state index in [9.17, 15) is 5.11 Å². The number of rotatable bonds is 15. The average molecular weight is 346 g/mol. The topological polar surface area (TPSA) is 29.5 Å². The molecular formula is C21H33O2Si. The second-order valence-corrected chi connectivity index (χ2v) is 6.78. The normalized spacial score (nSPS) is 11.4. The first-order valence-electron chi connectivity index (χ1n) is 9.57. The molecule has 0 unspecified atom stereocenters. The van der Waals surface area contributed by atoms with Gasteiger partial charge in [-0.05, 0) is 25.3 Å². The Kier molecular flexibility index (Phi) is 13.5.